The number of aromatic nitrogens is 3. The summed E-state index contributed by atoms with van der Waals surface area (Å²) in [6, 6.07) is 7.64. The number of morpholine rings is 1. The molecule has 2 heterocycles. The molecule has 0 atom stereocenters. The third-order valence-electron chi connectivity index (χ3n) is 3.60. The molecule has 1 aromatic carbocycles. The van der Waals surface area contributed by atoms with Crippen LogP contribution in [0.25, 0.3) is 11.4 Å². The normalized spacial score (nSPS) is 16.2. The van der Waals surface area contributed by atoms with Crippen molar-refractivity contribution in [2.24, 2.45) is 0 Å². The fraction of sp³-hybridized carbons (Fsp3) is 0.429. The van der Waals surface area contributed by atoms with Crippen LogP contribution in [0.2, 0.25) is 5.02 Å². The molecule has 1 fully saturated rings. The molecule has 0 bridgehead atoms. The van der Waals surface area contributed by atoms with Gasteiger partial charge >= 0.3 is 0 Å². The molecule has 2 aromatic rings. The molecule has 112 valence electrons. The maximum atomic E-state index is 5.93. The van der Waals surface area contributed by atoms with Crippen molar-refractivity contribution in [2.45, 2.75) is 6.54 Å². The van der Waals surface area contributed by atoms with E-state index in [2.05, 4.69) is 15.1 Å². The first-order chi connectivity index (χ1) is 10.2. The van der Waals surface area contributed by atoms with Crippen molar-refractivity contribution in [1.29, 1.82) is 0 Å². The second-order valence-electron chi connectivity index (χ2n) is 4.96. The van der Waals surface area contributed by atoms with Gasteiger partial charge in [0.2, 0.25) is 0 Å². The summed E-state index contributed by atoms with van der Waals surface area (Å²) in [5, 5.41) is 7.93. The molecule has 0 spiro atoms. The molecule has 1 aliphatic rings. The van der Waals surface area contributed by atoms with Crippen LogP contribution in [0.15, 0.2) is 24.3 Å². The highest BCUT2D eigenvalue weighted by atomic mass is 35.5. The van der Waals surface area contributed by atoms with Crippen LogP contribution in [0, 0.1) is 4.77 Å². The van der Waals surface area contributed by atoms with Crippen LogP contribution in [-0.2, 0) is 11.3 Å². The van der Waals surface area contributed by atoms with Gasteiger partial charge in [0.25, 0.3) is 0 Å². The summed E-state index contributed by atoms with van der Waals surface area (Å²) in [4.78, 5) is 2.38. The molecule has 1 aromatic heterocycles. The van der Waals surface area contributed by atoms with Crippen LogP contribution < -0.4 is 0 Å². The van der Waals surface area contributed by atoms with E-state index in [4.69, 9.17) is 28.6 Å². The molecule has 1 aliphatic heterocycles. The number of halogens is 1. The second-order valence-corrected chi connectivity index (χ2v) is 5.79. The zero-order valence-electron chi connectivity index (χ0n) is 11.6. The van der Waals surface area contributed by atoms with E-state index >= 15 is 0 Å². The molecular formula is C14H17ClN4OS. The molecule has 7 heteroatoms. The van der Waals surface area contributed by atoms with E-state index in [9.17, 15) is 0 Å². The van der Waals surface area contributed by atoms with Crippen LogP contribution in [0.4, 0.5) is 0 Å². The summed E-state index contributed by atoms with van der Waals surface area (Å²) < 4.78 is 8.05. The van der Waals surface area contributed by atoms with Crippen molar-refractivity contribution in [3.05, 3.63) is 34.1 Å². The highest BCUT2D eigenvalue weighted by Gasteiger charge is 2.13. The van der Waals surface area contributed by atoms with Gasteiger partial charge in [0.1, 0.15) is 0 Å². The molecule has 1 saturated heterocycles. The average Bonchev–Trinajstić information content (AvgIpc) is 2.88. The Hall–Kier alpha value is -1.21. The van der Waals surface area contributed by atoms with Crippen LogP contribution in [0.5, 0.6) is 0 Å². The van der Waals surface area contributed by atoms with Crippen molar-refractivity contribution in [2.75, 3.05) is 32.8 Å². The van der Waals surface area contributed by atoms with Gasteiger partial charge in [-0.15, -0.1) is 0 Å². The van der Waals surface area contributed by atoms with E-state index in [0.717, 1.165) is 50.8 Å². The summed E-state index contributed by atoms with van der Waals surface area (Å²) >= 11 is 11.3. The predicted octanol–water partition coefficient (Wildman–Crippen LogP) is 2.59. The monoisotopic (exact) mass is 324 g/mol. The highest BCUT2D eigenvalue weighted by Crippen LogP contribution is 2.20. The van der Waals surface area contributed by atoms with Gasteiger partial charge < -0.3 is 4.74 Å². The third-order valence-corrected chi connectivity index (χ3v) is 4.17. The van der Waals surface area contributed by atoms with E-state index < -0.39 is 0 Å². The summed E-state index contributed by atoms with van der Waals surface area (Å²) in [5.41, 5.74) is 1.01. The van der Waals surface area contributed by atoms with Gasteiger partial charge in [0.15, 0.2) is 10.6 Å². The van der Waals surface area contributed by atoms with Crippen LogP contribution in [0.1, 0.15) is 0 Å². The summed E-state index contributed by atoms with van der Waals surface area (Å²) in [5.74, 6) is 0.852. The Kier molecular flexibility index (Phi) is 4.70. The van der Waals surface area contributed by atoms with Gasteiger partial charge in [-0.1, -0.05) is 11.6 Å². The fourth-order valence-corrected chi connectivity index (χ4v) is 2.76. The zero-order chi connectivity index (χ0) is 14.7. The quantitative estimate of drug-likeness (QED) is 0.878. The molecular weight excluding hydrogens is 308 g/mol. The lowest BCUT2D eigenvalue weighted by Crippen LogP contribution is -2.38. The Bertz CT molecular complexity index is 646. The largest absolute Gasteiger partial charge is 0.379 e. The minimum absolute atomic E-state index is 0.646. The smallest absolute Gasteiger partial charge is 0.195 e. The standard InChI is InChI=1S/C14H17ClN4OS/c15-12-3-1-11(2-4-12)13-16-17-14(21)19(13)6-5-18-7-9-20-10-8-18/h1-4H,5-10H2,(H,17,21). The van der Waals surface area contributed by atoms with Crippen LogP contribution >= 0.6 is 23.8 Å². The van der Waals surface area contributed by atoms with Crippen LogP contribution in [0.3, 0.4) is 0 Å². The number of H-pyrrole nitrogens is 1. The fourth-order valence-electron chi connectivity index (χ4n) is 2.41. The first-order valence-electron chi connectivity index (χ1n) is 6.95. The van der Waals surface area contributed by atoms with E-state index in [1.807, 2.05) is 28.8 Å². The number of benzene rings is 1. The number of hydrogen-bond donors (Lipinski definition) is 1. The highest BCUT2D eigenvalue weighted by molar-refractivity contribution is 7.71. The number of nitrogens with zero attached hydrogens (tertiary/aromatic N) is 3. The number of aromatic amines is 1. The molecule has 0 amide bonds. The lowest BCUT2D eigenvalue weighted by molar-refractivity contribution is 0.0364. The van der Waals surface area contributed by atoms with Crippen LogP contribution in [-0.4, -0.2) is 52.5 Å². The zero-order valence-corrected chi connectivity index (χ0v) is 13.2. The average molecular weight is 325 g/mol. The SMILES string of the molecule is S=c1[nH]nc(-c2ccc(Cl)cc2)n1CCN1CCOCC1. The Morgan fingerprint density at radius 1 is 1.19 bits per heavy atom. The second kappa shape index (κ2) is 6.70. The van der Waals surface area contributed by atoms with Gasteiger partial charge in [-0.2, -0.15) is 5.10 Å². The minimum Gasteiger partial charge on any atom is -0.379 e. The first kappa shape index (κ1) is 14.7. The van der Waals surface area contributed by atoms with Gasteiger partial charge in [-0.05, 0) is 36.5 Å². The molecule has 5 nitrogen and oxygen atoms in total. The number of hydrogen-bond acceptors (Lipinski definition) is 4. The minimum atomic E-state index is 0.646. The Labute approximate surface area is 133 Å². The van der Waals surface area contributed by atoms with E-state index in [0.29, 0.717) is 9.79 Å². The lowest BCUT2D eigenvalue weighted by atomic mass is 10.2. The molecule has 0 unspecified atom stereocenters. The summed E-state index contributed by atoms with van der Waals surface area (Å²) in [7, 11) is 0. The lowest BCUT2D eigenvalue weighted by Gasteiger charge is -2.26. The number of nitrogens with one attached hydrogen (secondary N) is 1. The van der Waals surface area contributed by atoms with Gasteiger partial charge in [0, 0.05) is 36.8 Å². The van der Waals surface area contributed by atoms with Crippen molar-refractivity contribution in [1.82, 2.24) is 19.7 Å². The maximum Gasteiger partial charge on any atom is 0.195 e. The molecule has 3 rings (SSSR count). The Morgan fingerprint density at radius 2 is 1.90 bits per heavy atom. The van der Waals surface area contributed by atoms with E-state index in [-0.39, 0.29) is 0 Å². The molecule has 0 aliphatic carbocycles. The summed E-state index contributed by atoms with van der Waals surface area (Å²) in [6.07, 6.45) is 0. The van der Waals surface area contributed by atoms with Crippen molar-refractivity contribution >= 4 is 23.8 Å². The number of ether oxygens (including phenoxy) is 1. The molecule has 0 radical (unpaired) electrons. The van der Waals surface area contributed by atoms with E-state index in [1.54, 1.807) is 0 Å². The number of rotatable bonds is 4. The first-order valence-corrected chi connectivity index (χ1v) is 7.74. The summed E-state index contributed by atoms with van der Waals surface area (Å²) in [6.45, 7) is 5.32. The van der Waals surface area contributed by atoms with E-state index in [1.165, 1.54) is 0 Å². The Balaban J connectivity index is 1.77. The molecule has 0 saturated carbocycles. The van der Waals surface area contributed by atoms with Crippen molar-refractivity contribution in [3.63, 3.8) is 0 Å². The maximum absolute atomic E-state index is 5.93. The van der Waals surface area contributed by atoms with Crippen molar-refractivity contribution in [3.8, 4) is 11.4 Å². The molecule has 1 N–H and O–H groups in total. The topological polar surface area (TPSA) is 46.1 Å². The predicted molar refractivity (Wildman–Crippen MR) is 85.1 cm³/mol. The Morgan fingerprint density at radius 3 is 2.62 bits per heavy atom. The van der Waals surface area contributed by atoms with Crippen molar-refractivity contribution < 1.29 is 4.74 Å². The molecule has 21 heavy (non-hydrogen) atoms. The van der Waals surface area contributed by atoms with Gasteiger partial charge in [0.05, 0.1) is 13.2 Å². The van der Waals surface area contributed by atoms with Gasteiger partial charge in [-0.3, -0.25) is 14.6 Å². The van der Waals surface area contributed by atoms with Gasteiger partial charge in [-0.25, -0.2) is 0 Å². The third kappa shape index (κ3) is 3.52.